The lowest BCUT2D eigenvalue weighted by Crippen LogP contribution is -2.31. The molecule has 3 nitrogen and oxygen atoms in total. The molecule has 0 spiro atoms. The Morgan fingerprint density at radius 2 is 1.56 bits per heavy atom. The first kappa shape index (κ1) is 17.8. The number of nitrogens with one attached hydrogen (secondary N) is 1. The van der Waals surface area contributed by atoms with E-state index in [1.54, 1.807) is 0 Å². The first-order valence-corrected chi connectivity index (χ1v) is 6.74. The molecule has 0 unspecified atom stereocenters. The lowest BCUT2D eigenvalue weighted by atomic mass is 9.93. The first-order chi connectivity index (χ1) is 7.74. The van der Waals surface area contributed by atoms with E-state index in [2.05, 4.69) is 19.3 Å². The maximum absolute atomic E-state index is 11.1. The monoisotopic (exact) mass is 230 g/mol. The SMILES string of the molecule is CC.CCCCC(CCCC)CC(=O)NN. The fourth-order valence-corrected chi connectivity index (χ4v) is 1.66. The second kappa shape index (κ2) is 14.4. The average molecular weight is 230 g/mol. The number of unbranched alkanes of at least 4 members (excludes halogenated alkanes) is 2. The van der Waals surface area contributed by atoms with Gasteiger partial charge in [0.1, 0.15) is 0 Å². The topological polar surface area (TPSA) is 55.1 Å². The quantitative estimate of drug-likeness (QED) is 0.381. The fraction of sp³-hybridized carbons (Fsp3) is 0.923. The molecule has 16 heavy (non-hydrogen) atoms. The molecular formula is C13H30N2O. The van der Waals surface area contributed by atoms with Gasteiger partial charge in [-0.15, -0.1) is 0 Å². The van der Waals surface area contributed by atoms with Crippen LogP contribution in [0.1, 0.15) is 72.6 Å². The zero-order chi connectivity index (χ0) is 12.8. The molecule has 0 atom stereocenters. The van der Waals surface area contributed by atoms with Gasteiger partial charge in [0, 0.05) is 6.42 Å². The van der Waals surface area contributed by atoms with Crippen LogP contribution in [0.2, 0.25) is 0 Å². The Bertz CT molecular complexity index is 141. The van der Waals surface area contributed by atoms with Crippen molar-refractivity contribution in [1.29, 1.82) is 0 Å². The van der Waals surface area contributed by atoms with Gasteiger partial charge in [0.25, 0.3) is 0 Å². The molecule has 0 aromatic carbocycles. The highest BCUT2D eigenvalue weighted by Gasteiger charge is 2.11. The van der Waals surface area contributed by atoms with Crippen LogP contribution in [0.4, 0.5) is 0 Å². The molecule has 0 aliphatic rings. The highest BCUT2D eigenvalue weighted by Crippen LogP contribution is 2.19. The summed E-state index contributed by atoms with van der Waals surface area (Å²) in [5.74, 6) is 5.58. The van der Waals surface area contributed by atoms with Gasteiger partial charge in [0.2, 0.25) is 5.91 Å². The molecule has 0 aliphatic carbocycles. The van der Waals surface area contributed by atoms with Crippen LogP contribution in [0.15, 0.2) is 0 Å². The van der Waals surface area contributed by atoms with Crippen molar-refractivity contribution in [2.45, 2.75) is 72.6 Å². The molecule has 0 radical (unpaired) electrons. The lowest BCUT2D eigenvalue weighted by Gasteiger charge is -2.14. The summed E-state index contributed by atoms with van der Waals surface area (Å²) in [5, 5.41) is 0. The van der Waals surface area contributed by atoms with Crippen molar-refractivity contribution < 1.29 is 4.79 Å². The summed E-state index contributed by atoms with van der Waals surface area (Å²) in [6.07, 6.45) is 7.74. The molecule has 0 aromatic heterocycles. The molecule has 0 saturated carbocycles. The van der Waals surface area contributed by atoms with E-state index in [-0.39, 0.29) is 5.91 Å². The Morgan fingerprint density at radius 1 is 1.12 bits per heavy atom. The maximum atomic E-state index is 11.1. The van der Waals surface area contributed by atoms with Crippen LogP contribution >= 0.6 is 0 Å². The molecule has 0 heterocycles. The minimum Gasteiger partial charge on any atom is -0.294 e. The van der Waals surface area contributed by atoms with Crippen LogP contribution < -0.4 is 11.3 Å². The minimum absolute atomic E-state index is 0.0257. The predicted molar refractivity (Wildman–Crippen MR) is 70.8 cm³/mol. The highest BCUT2D eigenvalue weighted by molar-refractivity contribution is 5.75. The lowest BCUT2D eigenvalue weighted by molar-refractivity contribution is -0.122. The van der Waals surface area contributed by atoms with Crippen molar-refractivity contribution in [2.24, 2.45) is 11.8 Å². The summed E-state index contributed by atoms with van der Waals surface area (Å²) in [6, 6.07) is 0. The highest BCUT2D eigenvalue weighted by atomic mass is 16.2. The van der Waals surface area contributed by atoms with Crippen molar-refractivity contribution in [2.75, 3.05) is 0 Å². The smallest absolute Gasteiger partial charge is 0.234 e. The zero-order valence-corrected chi connectivity index (χ0v) is 11.5. The molecule has 0 saturated heterocycles. The number of amides is 1. The van der Waals surface area contributed by atoms with Gasteiger partial charge in [-0.2, -0.15) is 0 Å². The van der Waals surface area contributed by atoms with Gasteiger partial charge in [-0.25, -0.2) is 5.84 Å². The van der Waals surface area contributed by atoms with Crippen LogP contribution in [0.3, 0.4) is 0 Å². The van der Waals surface area contributed by atoms with Crippen LogP contribution in [-0.4, -0.2) is 5.91 Å². The number of carbonyl (C=O) groups is 1. The van der Waals surface area contributed by atoms with Gasteiger partial charge in [-0.3, -0.25) is 10.2 Å². The molecule has 3 N–H and O–H groups in total. The Balaban J connectivity index is 0. The predicted octanol–water partition coefficient (Wildman–Crippen LogP) is 3.39. The fourth-order valence-electron chi connectivity index (χ4n) is 1.66. The summed E-state index contributed by atoms with van der Waals surface area (Å²) in [4.78, 5) is 11.1. The first-order valence-electron chi connectivity index (χ1n) is 6.74. The van der Waals surface area contributed by atoms with Crippen molar-refractivity contribution in [3.8, 4) is 0 Å². The Labute approximate surface area is 101 Å². The third-order valence-electron chi connectivity index (χ3n) is 2.57. The van der Waals surface area contributed by atoms with Crippen molar-refractivity contribution in [3.63, 3.8) is 0 Å². The van der Waals surface area contributed by atoms with Gasteiger partial charge in [0.15, 0.2) is 0 Å². The summed E-state index contributed by atoms with van der Waals surface area (Å²) < 4.78 is 0. The number of hydrogen-bond donors (Lipinski definition) is 2. The molecule has 0 bridgehead atoms. The van der Waals surface area contributed by atoms with E-state index in [0.717, 1.165) is 12.8 Å². The number of carbonyl (C=O) groups excluding carboxylic acids is 1. The van der Waals surface area contributed by atoms with Crippen LogP contribution in [-0.2, 0) is 4.79 Å². The number of hydrogen-bond acceptors (Lipinski definition) is 2. The second-order valence-electron chi connectivity index (χ2n) is 3.92. The van der Waals surface area contributed by atoms with Crippen LogP contribution in [0.5, 0.6) is 0 Å². The number of nitrogens with two attached hydrogens (primary N) is 1. The van der Waals surface area contributed by atoms with Crippen LogP contribution in [0, 0.1) is 5.92 Å². The maximum Gasteiger partial charge on any atom is 0.234 e. The molecule has 0 rings (SSSR count). The van der Waals surface area contributed by atoms with Crippen molar-refractivity contribution in [1.82, 2.24) is 5.43 Å². The van der Waals surface area contributed by atoms with Gasteiger partial charge in [-0.05, 0) is 18.8 Å². The molecule has 0 fully saturated rings. The van der Waals surface area contributed by atoms with E-state index in [4.69, 9.17) is 5.84 Å². The second-order valence-corrected chi connectivity index (χ2v) is 3.92. The molecule has 98 valence electrons. The van der Waals surface area contributed by atoms with Gasteiger partial charge < -0.3 is 0 Å². The summed E-state index contributed by atoms with van der Waals surface area (Å²) in [6.45, 7) is 8.36. The normalized spacial score (nSPS) is 9.62. The Morgan fingerprint density at radius 3 is 1.88 bits per heavy atom. The zero-order valence-electron chi connectivity index (χ0n) is 11.5. The van der Waals surface area contributed by atoms with E-state index < -0.39 is 0 Å². The molecular weight excluding hydrogens is 200 g/mol. The van der Waals surface area contributed by atoms with E-state index in [1.807, 2.05) is 13.8 Å². The Hall–Kier alpha value is -0.570. The van der Waals surface area contributed by atoms with Crippen molar-refractivity contribution in [3.05, 3.63) is 0 Å². The largest absolute Gasteiger partial charge is 0.294 e. The third kappa shape index (κ3) is 11.5. The number of hydrazine groups is 1. The van der Waals surface area contributed by atoms with Gasteiger partial charge in [-0.1, -0.05) is 53.4 Å². The van der Waals surface area contributed by atoms with E-state index >= 15 is 0 Å². The van der Waals surface area contributed by atoms with E-state index in [0.29, 0.717) is 12.3 Å². The van der Waals surface area contributed by atoms with Crippen molar-refractivity contribution >= 4 is 5.91 Å². The molecule has 1 amide bonds. The van der Waals surface area contributed by atoms with E-state index in [1.165, 1.54) is 25.7 Å². The third-order valence-corrected chi connectivity index (χ3v) is 2.57. The minimum atomic E-state index is -0.0257. The standard InChI is InChI=1S/C11H24N2O.C2H6/c1-3-5-7-10(8-6-4-2)9-11(14)13-12;1-2/h10H,3-9,12H2,1-2H3,(H,13,14);1-2H3. The summed E-state index contributed by atoms with van der Waals surface area (Å²) in [5.41, 5.74) is 2.21. The molecule has 0 aliphatic heterocycles. The van der Waals surface area contributed by atoms with Gasteiger partial charge >= 0.3 is 0 Å². The van der Waals surface area contributed by atoms with Crippen LogP contribution in [0.25, 0.3) is 0 Å². The van der Waals surface area contributed by atoms with E-state index in [9.17, 15) is 4.79 Å². The molecule has 3 heteroatoms. The summed E-state index contributed by atoms with van der Waals surface area (Å²) in [7, 11) is 0. The summed E-state index contributed by atoms with van der Waals surface area (Å²) >= 11 is 0. The molecule has 0 aromatic rings. The van der Waals surface area contributed by atoms with Gasteiger partial charge in [0.05, 0.1) is 0 Å². The average Bonchev–Trinajstić information content (AvgIpc) is 2.34. The number of rotatable bonds is 8. The Kier molecular flexibility index (Phi) is 16.1.